The number of aromatic nitrogens is 2. The summed E-state index contributed by atoms with van der Waals surface area (Å²) < 4.78 is 5.74. The molecule has 24 heavy (non-hydrogen) atoms. The first-order chi connectivity index (χ1) is 11.6. The Balaban J connectivity index is 1.71. The Morgan fingerprint density at radius 2 is 2.12 bits per heavy atom. The van der Waals surface area contributed by atoms with E-state index in [-0.39, 0.29) is 6.03 Å². The molecule has 0 bridgehead atoms. The average molecular weight is 325 g/mol. The number of fused-ring (bicyclic) bond motifs is 1. The van der Waals surface area contributed by atoms with Crippen LogP contribution in [-0.2, 0) is 0 Å². The van der Waals surface area contributed by atoms with Gasteiger partial charge in [0.15, 0.2) is 5.58 Å². The second-order valence-electron chi connectivity index (χ2n) is 5.60. The van der Waals surface area contributed by atoms with E-state index in [0.29, 0.717) is 34.9 Å². The number of benzene rings is 1. The Labute approximate surface area is 139 Å². The maximum atomic E-state index is 11.9. The Morgan fingerprint density at radius 3 is 2.88 bits per heavy atom. The normalized spacial score (nSPS) is 11.0. The highest BCUT2D eigenvalue weighted by molar-refractivity contribution is 5.91. The first-order valence-corrected chi connectivity index (χ1v) is 7.63. The number of pyridine rings is 1. The van der Waals surface area contributed by atoms with E-state index >= 15 is 0 Å². The number of hydrogen-bond donors (Lipinski definition) is 2. The van der Waals surface area contributed by atoms with Crippen LogP contribution >= 0.6 is 0 Å². The van der Waals surface area contributed by atoms with Crippen molar-refractivity contribution in [3.63, 3.8) is 0 Å². The minimum atomic E-state index is -0.249. The molecule has 124 valence electrons. The van der Waals surface area contributed by atoms with Crippen LogP contribution in [0.2, 0.25) is 0 Å². The lowest BCUT2D eigenvalue weighted by molar-refractivity contribution is 0.250. The summed E-state index contributed by atoms with van der Waals surface area (Å²) in [6.45, 7) is 1.36. The number of oxazole rings is 1. The quantitative estimate of drug-likeness (QED) is 0.753. The van der Waals surface area contributed by atoms with Crippen molar-refractivity contribution >= 4 is 22.8 Å². The van der Waals surface area contributed by atoms with Gasteiger partial charge in [-0.05, 0) is 38.4 Å². The Bertz CT molecular complexity index is 829. The average Bonchev–Trinajstić information content (AvgIpc) is 2.98. The zero-order valence-electron chi connectivity index (χ0n) is 13.6. The molecule has 0 radical (unpaired) electrons. The molecule has 0 atom stereocenters. The van der Waals surface area contributed by atoms with Gasteiger partial charge in [0, 0.05) is 31.0 Å². The summed E-state index contributed by atoms with van der Waals surface area (Å²) in [6, 6.07) is 10.6. The van der Waals surface area contributed by atoms with Gasteiger partial charge in [0.05, 0.1) is 0 Å². The molecule has 0 saturated carbocycles. The number of carbonyl (C=O) groups is 1. The molecule has 0 aliphatic rings. The van der Waals surface area contributed by atoms with E-state index in [1.165, 1.54) is 0 Å². The van der Waals surface area contributed by atoms with E-state index in [1.54, 1.807) is 24.4 Å². The van der Waals surface area contributed by atoms with Gasteiger partial charge in [-0.2, -0.15) is 0 Å². The molecule has 0 unspecified atom stereocenters. The largest absolute Gasteiger partial charge is 0.435 e. The fourth-order valence-electron chi connectivity index (χ4n) is 2.17. The fraction of sp³-hybridized carbons (Fsp3) is 0.235. The molecule has 2 N–H and O–H groups in total. The van der Waals surface area contributed by atoms with Crippen LogP contribution in [0.25, 0.3) is 22.7 Å². The van der Waals surface area contributed by atoms with Crippen molar-refractivity contribution in [3.05, 3.63) is 42.6 Å². The summed E-state index contributed by atoms with van der Waals surface area (Å²) in [5.74, 6) is 0.457. The molecule has 2 heterocycles. The SMILES string of the molecule is CN(C)CCNC(=O)Nc1ccc2nc(-c3ccccn3)oc2c1. The van der Waals surface area contributed by atoms with Gasteiger partial charge >= 0.3 is 6.03 Å². The van der Waals surface area contributed by atoms with E-state index in [1.807, 2.05) is 37.2 Å². The summed E-state index contributed by atoms with van der Waals surface area (Å²) in [7, 11) is 3.91. The Morgan fingerprint density at radius 1 is 1.25 bits per heavy atom. The number of nitrogens with zero attached hydrogens (tertiary/aromatic N) is 3. The zero-order chi connectivity index (χ0) is 16.9. The monoisotopic (exact) mass is 325 g/mol. The predicted octanol–water partition coefficient (Wildman–Crippen LogP) is 2.57. The van der Waals surface area contributed by atoms with E-state index in [4.69, 9.17) is 4.42 Å². The zero-order valence-corrected chi connectivity index (χ0v) is 13.6. The van der Waals surface area contributed by atoms with Crippen LogP contribution in [0.15, 0.2) is 47.0 Å². The molecule has 7 heteroatoms. The number of carbonyl (C=O) groups excluding carboxylic acids is 1. The number of rotatable bonds is 5. The molecule has 7 nitrogen and oxygen atoms in total. The van der Waals surface area contributed by atoms with Gasteiger partial charge in [0.1, 0.15) is 11.2 Å². The lowest BCUT2D eigenvalue weighted by Crippen LogP contribution is -2.34. The van der Waals surface area contributed by atoms with Gasteiger partial charge in [-0.25, -0.2) is 9.78 Å². The lowest BCUT2D eigenvalue weighted by atomic mass is 10.3. The third kappa shape index (κ3) is 3.88. The van der Waals surface area contributed by atoms with Gasteiger partial charge in [-0.15, -0.1) is 0 Å². The van der Waals surface area contributed by atoms with Crippen LogP contribution in [-0.4, -0.2) is 48.1 Å². The van der Waals surface area contributed by atoms with Gasteiger partial charge in [-0.3, -0.25) is 4.98 Å². The van der Waals surface area contributed by atoms with E-state index < -0.39 is 0 Å². The summed E-state index contributed by atoms with van der Waals surface area (Å²) >= 11 is 0. The molecular formula is C17H19N5O2. The highest BCUT2D eigenvalue weighted by atomic mass is 16.3. The smallest absolute Gasteiger partial charge is 0.319 e. The second kappa shape index (κ2) is 7.10. The van der Waals surface area contributed by atoms with Crippen LogP contribution in [0.1, 0.15) is 0 Å². The lowest BCUT2D eigenvalue weighted by Gasteiger charge is -2.11. The first kappa shape index (κ1) is 15.9. The summed E-state index contributed by atoms with van der Waals surface area (Å²) in [4.78, 5) is 22.5. The third-order valence-electron chi connectivity index (χ3n) is 3.37. The summed E-state index contributed by atoms with van der Waals surface area (Å²) in [6.07, 6.45) is 1.69. The number of urea groups is 1. The number of amides is 2. The van der Waals surface area contributed by atoms with Crippen LogP contribution in [0.5, 0.6) is 0 Å². The number of anilines is 1. The van der Waals surface area contributed by atoms with Gasteiger partial charge < -0.3 is 20.0 Å². The second-order valence-corrected chi connectivity index (χ2v) is 5.60. The van der Waals surface area contributed by atoms with Crippen molar-refractivity contribution in [2.75, 3.05) is 32.5 Å². The maximum Gasteiger partial charge on any atom is 0.319 e. The van der Waals surface area contributed by atoms with Crippen molar-refractivity contribution in [1.82, 2.24) is 20.2 Å². The number of likely N-dealkylation sites (N-methyl/N-ethyl adjacent to an activating group) is 1. The highest BCUT2D eigenvalue weighted by Gasteiger charge is 2.10. The molecule has 1 aromatic carbocycles. The van der Waals surface area contributed by atoms with Crippen LogP contribution in [0, 0.1) is 0 Å². The van der Waals surface area contributed by atoms with Gasteiger partial charge in [0.25, 0.3) is 0 Å². The molecule has 2 amide bonds. The standard InChI is InChI=1S/C17H19N5O2/c1-22(2)10-9-19-17(23)20-12-6-7-13-15(11-12)24-16(21-13)14-5-3-4-8-18-14/h3-8,11H,9-10H2,1-2H3,(H2,19,20,23). The van der Waals surface area contributed by atoms with E-state index in [0.717, 1.165) is 6.54 Å². The molecule has 0 spiro atoms. The van der Waals surface area contributed by atoms with Crippen molar-refractivity contribution in [3.8, 4) is 11.6 Å². The van der Waals surface area contributed by atoms with E-state index in [2.05, 4.69) is 20.6 Å². The minimum Gasteiger partial charge on any atom is -0.435 e. The molecular weight excluding hydrogens is 306 g/mol. The molecule has 0 aliphatic carbocycles. The molecule has 3 aromatic rings. The van der Waals surface area contributed by atoms with Gasteiger partial charge in [-0.1, -0.05) is 6.07 Å². The van der Waals surface area contributed by atoms with Crippen molar-refractivity contribution < 1.29 is 9.21 Å². The molecule has 2 aromatic heterocycles. The minimum absolute atomic E-state index is 0.249. The number of hydrogen-bond acceptors (Lipinski definition) is 5. The number of nitrogens with one attached hydrogen (secondary N) is 2. The van der Waals surface area contributed by atoms with Crippen LogP contribution in [0.3, 0.4) is 0 Å². The van der Waals surface area contributed by atoms with Crippen molar-refractivity contribution in [1.29, 1.82) is 0 Å². The summed E-state index contributed by atoms with van der Waals surface area (Å²) in [5.41, 5.74) is 2.63. The van der Waals surface area contributed by atoms with E-state index in [9.17, 15) is 4.79 Å². The molecule has 0 fully saturated rings. The predicted molar refractivity (Wildman–Crippen MR) is 92.8 cm³/mol. The summed E-state index contributed by atoms with van der Waals surface area (Å²) in [5, 5.41) is 5.58. The highest BCUT2D eigenvalue weighted by Crippen LogP contribution is 2.24. The molecule has 0 aliphatic heterocycles. The molecule has 0 saturated heterocycles. The van der Waals surface area contributed by atoms with Crippen LogP contribution in [0.4, 0.5) is 10.5 Å². The molecule has 3 rings (SSSR count). The van der Waals surface area contributed by atoms with Crippen molar-refractivity contribution in [2.45, 2.75) is 0 Å². The Hall–Kier alpha value is -2.93. The van der Waals surface area contributed by atoms with Gasteiger partial charge in [0.2, 0.25) is 5.89 Å². The fourth-order valence-corrected chi connectivity index (χ4v) is 2.17. The third-order valence-corrected chi connectivity index (χ3v) is 3.37. The Kier molecular flexibility index (Phi) is 4.72. The topological polar surface area (TPSA) is 83.3 Å². The maximum absolute atomic E-state index is 11.9. The first-order valence-electron chi connectivity index (χ1n) is 7.63. The van der Waals surface area contributed by atoms with Crippen LogP contribution < -0.4 is 10.6 Å². The van der Waals surface area contributed by atoms with Crippen molar-refractivity contribution in [2.24, 2.45) is 0 Å².